The second-order valence-corrected chi connectivity index (χ2v) is 4.14. The third kappa shape index (κ3) is 4.86. The van der Waals surface area contributed by atoms with Crippen LogP contribution in [0.1, 0.15) is 5.56 Å². The Morgan fingerprint density at radius 2 is 1.82 bits per heavy atom. The molecule has 0 saturated carbocycles. The number of rotatable bonds is 5. The molecule has 0 atom stereocenters. The maximum absolute atomic E-state index is 11.8. The van der Waals surface area contributed by atoms with Crippen LogP contribution in [0, 0.1) is 0 Å². The predicted molar refractivity (Wildman–Crippen MR) is 79.1 cm³/mol. The van der Waals surface area contributed by atoms with Crippen molar-refractivity contribution in [2.75, 3.05) is 20.7 Å². The zero-order valence-electron chi connectivity index (χ0n) is 12.2. The molecule has 0 aromatic heterocycles. The van der Waals surface area contributed by atoms with E-state index in [1.54, 1.807) is 24.3 Å². The third-order valence-corrected chi connectivity index (χ3v) is 2.66. The van der Waals surface area contributed by atoms with Gasteiger partial charge in [-0.3, -0.25) is 9.59 Å². The second kappa shape index (κ2) is 8.35. The van der Waals surface area contributed by atoms with Crippen LogP contribution in [0.15, 0.2) is 36.4 Å². The fourth-order valence-corrected chi connectivity index (χ4v) is 1.51. The molecule has 1 rings (SSSR count). The van der Waals surface area contributed by atoms with Gasteiger partial charge >= 0.3 is 12.1 Å². The monoisotopic (exact) mass is 304 g/mol. The van der Waals surface area contributed by atoms with Crippen molar-refractivity contribution in [3.8, 4) is 0 Å². The van der Waals surface area contributed by atoms with Crippen LogP contribution in [-0.4, -0.2) is 49.3 Å². The summed E-state index contributed by atoms with van der Waals surface area (Å²) in [5.41, 5.74) is 0.750. The maximum atomic E-state index is 11.8. The first-order valence-electron chi connectivity index (χ1n) is 6.37. The maximum Gasteiger partial charge on any atom is 0.418 e. The molecule has 7 nitrogen and oxygen atoms in total. The lowest BCUT2D eigenvalue weighted by atomic mass is 10.1. The molecule has 1 aromatic rings. The predicted octanol–water partition coefficient (Wildman–Crippen LogP) is 1.25. The summed E-state index contributed by atoms with van der Waals surface area (Å²) < 4.78 is 4.39. The van der Waals surface area contributed by atoms with Gasteiger partial charge in [-0.05, 0) is 11.6 Å². The smallest absolute Gasteiger partial charge is 0.418 e. The van der Waals surface area contributed by atoms with Gasteiger partial charge in [0.1, 0.15) is 6.54 Å². The van der Waals surface area contributed by atoms with E-state index in [1.807, 2.05) is 6.07 Å². The number of benzene rings is 1. The van der Waals surface area contributed by atoms with Crippen molar-refractivity contribution < 1.29 is 23.9 Å². The van der Waals surface area contributed by atoms with Crippen molar-refractivity contribution >= 4 is 29.8 Å². The van der Waals surface area contributed by atoms with Gasteiger partial charge in [0.05, 0.1) is 7.11 Å². The Bertz CT molecular complexity index is 579. The van der Waals surface area contributed by atoms with Crippen LogP contribution in [-0.2, 0) is 14.3 Å². The minimum atomic E-state index is -1.02. The fourth-order valence-electron chi connectivity index (χ4n) is 1.51. The van der Waals surface area contributed by atoms with E-state index < -0.39 is 30.2 Å². The molecule has 0 aliphatic heterocycles. The van der Waals surface area contributed by atoms with Crippen LogP contribution in [0.3, 0.4) is 0 Å². The number of ketones is 2. The average Bonchev–Trinajstić information content (AvgIpc) is 2.56. The van der Waals surface area contributed by atoms with Crippen LogP contribution < -0.4 is 5.32 Å². The SMILES string of the molecule is CNC(=O)N(CC(=O)C(=O)/C=C/c1ccccc1)C(=O)OC. The molecule has 22 heavy (non-hydrogen) atoms. The second-order valence-electron chi connectivity index (χ2n) is 4.14. The first kappa shape index (κ1) is 17.1. The molecule has 0 fully saturated rings. The normalized spacial score (nSPS) is 10.1. The van der Waals surface area contributed by atoms with Gasteiger partial charge in [-0.1, -0.05) is 36.4 Å². The van der Waals surface area contributed by atoms with Crippen molar-refractivity contribution in [3.05, 3.63) is 42.0 Å². The van der Waals surface area contributed by atoms with Gasteiger partial charge in [0.2, 0.25) is 11.6 Å². The molecule has 116 valence electrons. The van der Waals surface area contributed by atoms with Gasteiger partial charge in [0, 0.05) is 7.05 Å². The van der Waals surface area contributed by atoms with Crippen molar-refractivity contribution in [3.63, 3.8) is 0 Å². The third-order valence-electron chi connectivity index (χ3n) is 2.66. The summed E-state index contributed by atoms with van der Waals surface area (Å²) in [5, 5.41) is 2.19. The molecule has 0 saturated heterocycles. The average molecular weight is 304 g/mol. The Balaban J connectivity index is 2.73. The number of nitrogens with one attached hydrogen (secondary N) is 1. The summed E-state index contributed by atoms with van der Waals surface area (Å²) in [4.78, 5) is 46.9. The van der Waals surface area contributed by atoms with E-state index in [0.29, 0.717) is 4.90 Å². The minimum Gasteiger partial charge on any atom is -0.452 e. The molecule has 0 spiro atoms. The van der Waals surface area contributed by atoms with Crippen LogP contribution in [0.4, 0.5) is 9.59 Å². The number of urea groups is 1. The van der Waals surface area contributed by atoms with Crippen LogP contribution in [0.2, 0.25) is 0 Å². The fraction of sp³-hybridized carbons (Fsp3) is 0.200. The molecule has 0 aliphatic rings. The molecule has 0 heterocycles. The first-order valence-corrected chi connectivity index (χ1v) is 6.37. The number of amides is 3. The van der Waals surface area contributed by atoms with E-state index in [2.05, 4.69) is 10.1 Å². The van der Waals surface area contributed by atoms with Gasteiger partial charge in [-0.15, -0.1) is 0 Å². The number of methoxy groups -OCH3 is 1. The molecular weight excluding hydrogens is 288 g/mol. The van der Waals surface area contributed by atoms with E-state index >= 15 is 0 Å². The summed E-state index contributed by atoms with van der Waals surface area (Å²) in [7, 11) is 2.36. The summed E-state index contributed by atoms with van der Waals surface area (Å²) in [6, 6.07) is 8.09. The van der Waals surface area contributed by atoms with Crippen molar-refractivity contribution in [2.45, 2.75) is 0 Å². The molecule has 3 amide bonds. The minimum absolute atomic E-state index is 0.511. The summed E-state index contributed by atoms with van der Waals surface area (Å²) in [6.07, 6.45) is 1.55. The number of allylic oxidation sites excluding steroid dienone is 1. The Labute approximate surface area is 127 Å². The lowest BCUT2D eigenvalue weighted by Gasteiger charge is -2.16. The molecule has 0 aliphatic carbocycles. The Hall–Kier alpha value is -2.96. The standard InChI is InChI=1S/C15H16N2O5/c1-16-14(20)17(15(21)22-2)10-13(19)12(18)9-8-11-6-4-3-5-7-11/h3-9H,10H2,1-2H3,(H,16,20)/b9-8+. The van der Waals surface area contributed by atoms with Gasteiger partial charge in [0.15, 0.2) is 0 Å². The van der Waals surface area contributed by atoms with Crippen LogP contribution in [0.25, 0.3) is 6.08 Å². The number of carbonyl (C=O) groups is 4. The molecule has 1 N–H and O–H groups in total. The lowest BCUT2D eigenvalue weighted by molar-refractivity contribution is -0.133. The number of Topliss-reactive ketones (excluding diaryl/α,β-unsaturated/α-hetero) is 1. The number of nitrogens with zero attached hydrogens (tertiary/aromatic N) is 1. The van der Waals surface area contributed by atoms with Gasteiger partial charge in [-0.25, -0.2) is 14.5 Å². The largest absolute Gasteiger partial charge is 0.452 e. The number of imide groups is 1. The Morgan fingerprint density at radius 1 is 1.18 bits per heavy atom. The highest BCUT2D eigenvalue weighted by molar-refractivity contribution is 6.43. The zero-order valence-corrected chi connectivity index (χ0v) is 12.2. The highest BCUT2D eigenvalue weighted by Gasteiger charge is 2.26. The van der Waals surface area contributed by atoms with Gasteiger partial charge < -0.3 is 10.1 Å². The van der Waals surface area contributed by atoms with E-state index in [0.717, 1.165) is 18.7 Å². The molecule has 1 aromatic carbocycles. The molecular formula is C15H16N2O5. The highest BCUT2D eigenvalue weighted by atomic mass is 16.5. The zero-order chi connectivity index (χ0) is 16.5. The number of hydrogen-bond acceptors (Lipinski definition) is 5. The summed E-state index contributed by atoms with van der Waals surface area (Å²) >= 11 is 0. The Kier molecular flexibility index (Phi) is 6.49. The van der Waals surface area contributed by atoms with Crippen molar-refractivity contribution in [1.82, 2.24) is 10.2 Å². The highest BCUT2D eigenvalue weighted by Crippen LogP contribution is 2.02. The number of hydrogen-bond donors (Lipinski definition) is 1. The van der Waals surface area contributed by atoms with Crippen molar-refractivity contribution in [2.24, 2.45) is 0 Å². The van der Waals surface area contributed by atoms with Crippen molar-refractivity contribution in [1.29, 1.82) is 0 Å². The number of ether oxygens (including phenoxy) is 1. The summed E-state index contributed by atoms with van der Waals surface area (Å²) in [6.45, 7) is -0.690. The molecule has 7 heteroatoms. The molecule has 0 bridgehead atoms. The van der Waals surface area contributed by atoms with E-state index in [-0.39, 0.29) is 0 Å². The van der Waals surface area contributed by atoms with E-state index in [9.17, 15) is 19.2 Å². The first-order chi connectivity index (χ1) is 10.5. The van der Waals surface area contributed by atoms with Gasteiger partial charge in [0.25, 0.3) is 0 Å². The quantitative estimate of drug-likeness (QED) is 0.652. The van der Waals surface area contributed by atoms with Crippen LogP contribution in [0.5, 0.6) is 0 Å². The topological polar surface area (TPSA) is 92.8 Å². The molecule has 0 radical (unpaired) electrons. The lowest BCUT2D eigenvalue weighted by Crippen LogP contribution is -2.46. The van der Waals surface area contributed by atoms with E-state index in [1.165, 1.54) is 13.1 Å². The molecule has 0 unspecified atom stereocenters. The van der Waals surface area contributed by atoms with E-state index in [4.69, 9.17) is 0 Å². The van der Waals surface area contributed by atoms with Crippen LogP contribution >= 0.6 is 0 Å². The summed E-state index contributed by atoms with van der Waals surface area (Å²) in [5.74, 6) is -1.72. The Morgan fingerprint density at radius 3 is 2.36 bits per heavy atom. The number of carbonyl (C=O) groups excluding carboxylic acids is 4. The van der Waals surface area contributed by atoms with Gasteiger partial charge in [-0.2, -0.15) is 0 Å².